The van der Waals surface area contributed by atoms with E-state index in [1.54, 1.807) is 23.6 Å². The molecule has 3 rings (SSSR count). The number of rotatable bonds is 2. The lowest BCUT2D eigenvalue weighted by atomic mass is 10.3. The number of carbonyl (C=O) groups is 1. The summed E-state index contributed by atoms with van der Waals surface area (Å²) in [5.41, 5.74) is 1.56. The molecule has 0 N–H and O–H groups in total. The number of aldehydes is 1. The molecule has 0 bridgehead atoms. The van der Waals surface area contributed by atoms with Gasteiger partial charge in [-0.25, -0.2) is 4.98 Å². The molecule has 0 aromatic carbocycles. The average molecular weight is 228 g/mol. The van der Waals surface area contributed by atoms with Gasteiger partial charge in [0.1, 0.15) is 0 Å². The van der Waals surface area contributed by atoms with Gasteiger partial charge < -0.3 is 0 Å². The van der Waals surface area contributed by atoms with Crippen molar-refractivity contribution in [3.8, 4) is 10.7 Å². The van der Waals surface area contributed by atoms with Crippen LogP contribution in [0, 0.1) is 0 Å². The number of carbonyl (C=O) groups excluding carboxylic acids is 1. The first kappa shape index (κ1) is 9.30. The zero-order valence-corrected chi connectivity index (χ0v) is 9.15. The molecule has 0 fully saturated rings. The second kappa shape index (κ2) is 3.57. The van der Waals surface area contributed by atoms with Crippen LogP contribution >= 0.6 is 11.3 Å². The van der Waals surface area contributed by atoms with Crippen LogP contribution in [0.15, 0.2) is 41.9 Å². The molecule has 0 aliphatic carbocycles. The smallest absolute Gasteiger partial charge is 0.166 e. The Hall–Kier alpha value is -1.94. The minimum atomic E-state index is 0.624. The zero-order valence-electron chi connectivity index (χ0n) is 8.33. The maximum Gasteiger partial charge on any atom is 0.166 e. The number of thiophene rings is 1. The number of hydrogen-bond donors (Lipinski definition) is 0. The van der Waals surface area contributed by atoms with E-state index in [2.05, 4.69) is 4.98 Å². The Morgan fingerprint density at radius 1 is 1.25 bits per heavy atom. The van der Waals surface area contributed by atoms with Gasteiger partial charge >= 0.3 is 0 Å². The van der Waals surface area contributed by atoms with E-state index in [9.17, 15) is 4.79 Å². The fraction of sp³-hybridized carbons (Fsp3) is 0. The van der Waals surface area contributed by atoms with Crippen molar-refractivity contribution in [3.05, 3.63) is 47.6 Å². The van der Waals surface area contributed by atoms with Crippen LogP contribution in [-0.4, -0.2) is 15.7 Å². The van der Waals surface area contributed by atoms with Crippen LogP contribution in [0.3, 0.4) is 0 Å². The predicted molar refractivity (Wildman–Crippen MR) is 63.9 cm³/mol. The van der Waals surface area contributed by atoms with E-state index in [0.717, 1.165) is 22.5 Å². The fourth-order valence-corrected chi connectivity index (χ4v) is 2.46. The van der Waals surface area contributed by atoms with E-state index < -0.39 is 0 Å². The highest BCUT2D eigenvalue weighted by atomic mass is 32.1. The highest BCUT2D eigenvalue weighted by Gasteiger charge is 2.09. The summed E-state index contributed by atoms with van der Waals surface area (Å²) >= 11 is 1.62. The van der Waals surface area contributed by atoms with Crippen LogP contribution in [0.1, 0.15) is 10.5 Å². The van der Waals surface area contributed by atoms with E-state index in [1.165, 1.54) is 0 Å². The van der Waals surface area contributed by atoms with Gasteiger partial charge in [0.2, 0.25) is 0 Å². The second-order valence-electron chi connectivity index (χ2n) is 3.39. The van der Waals surface area contributed by atoms with Gasteiger partial charge in [-0.05, 0) is 23.6 Å². The van der Waals surface area contributed by atoms with Gasteiger partial charge in [-0.15, -0.1) is 11.3 Å². The molecule has 0 radical (unpaired) electrons. The summed E-state index contributed by atoms with van der Waals surface area (Å²) in [4.78, 5) is 16.4. The van der Waals surface area contributed by atoms with Gasteiger partial charge in [0.25, 0.3) is 0 Å². The molecule has 4 heteroatoms. The van der Waals surface area contributed by atoms with E-state index in [1.807, 2.05) is 34.0 Å². The van der Waals surface area contributed by atoms with Gasteiger partial charge in [0, 0.05) is 0 Å². The van der Waals surface area contributed by atoms with Crippen LogP contribution in [0.5, 0.6) is 0 Å². The van der Waals surface area contributed by atoms with Crippen molar-refractivity contribution in [2.45, 2.75) is 0 Å². The third kappa shape index (κ3) is 1.27. The van der Waals surface area contributed by atoms with Crippen LogP contribution in [0.4, 0.5) is 0 Å². The molecular weight excluding hydrogens is 220 g/mol. The third-order valence-corrected chi connectivity index (χ3v) is 3.31. The molecule has 0 aliphatic rings. The SMILES string of the molecule is O=Cc1cccc2cnc(-c3cccs3)n12. The van der Waals surface area contributed by atoms with Crippen molar-refractivity contribution >= 4 is 23.1 Å². The zero-order chi connectivity index (χ0) is 11.0. The number of fused-ring (bicyclic) bond motifs is 1. The normalized spacial score (nSPS) is 10.8. The van der Waals surface area contributed by atoms with Crippen molar-refractivity contribution in [1.29, 1.82) is 0 Å². The molecule has 0 saturated heterocycles. The minimum absolute atomic E-state index is 0.624. The maximum absolute atomic E-state index is 11.0. The Morgan fingerprint density at radius 2 is 2.19 bits per heavy atom. The number of nitrogens with zero attached hydrogens (tertiary/aromatic N) is 2. The molecule has 3 heterocycles. The summed E-state index contributed by atoms with van der Waals surface area (Å²) in [6.45, 7) is 0. The number of aromatic nitrogens is 2. The highest BCUT2D eigenvalue weighted by molar-refractivity contribution is 7.13. The summed E-state index contributed by atoms with van der Waals surface area (Å²) in [5.74, 6) is 0.827. The second-order valence-corrected chi connectivity index (χ2v) is 4.34. The first-order chi connectivity index (χ1) is 7.90. The monoisotopic (exact) mass is 228 g/mol. The molecular formula is C12H8N2OS. The summed E-state index contributed by atoms with van der Waals surface area (Å²) in [5, 5.41) is 2.00. The molecule has 3 nitrogen and oxygen atoms in total. The van der Waals surface area contributed by atoms with Crippen molar-refractivity contribution in [3.63, 3.8) is 0 Å². The van der Waals surface area contributed by atoms with Crippen LogP contribution < -0.4 is 0 Å². The van der Waals surface area contributed by atoms with Crippen molar-refractivity contribution in [2.75, 3.05) is 0 Å². The number of pyridine rings is 1. The van der Waals surface area contributed by atoms with Gasteiger partial charge in [0.15, 0.2) is 12.1 Å². The van der Waals surface area contributed by atoms with Crippen molar-refractivity contribution < 1.29 is 4.79 Å². The standard InChI is InChI=1S/C12H8N2OS/c15-8-10-4-1-3-9-7-13-12(14(9)10)11-5-2-6-16-11/h1-8H. The summed E-state index contributed by atoms with van der Waals surface area (Å²) in [6.07, 6.45) is 2.63. The number of hydrogen-bond acceptors (Lipinski definition) is 3. The average Bonchev–Trinajstić information content (AvgIpc) is 2.96. The number of imidazole rings is 1. The van der Waals surface area contributed by atoms with Crippen molar-refractivity contribution in [2.24, 2.45) is 0 Å². The highest BCUT2D eigenvalue weighted by Crippen LogP contribution is 2.25. The lowest BCUT2D eigenvalue weighted by molar-refractivity contribution is 0.111. The minimum Gasteiger partial charge on any atom is -0.296 e. The Bertz CT molecular complexity index is 640. The molecule has 0 spiro atoms. The Morgan fingerprint density at radius 3 is 2.94 bits per heavy atom. The van der Waals surface area contributed by atoms with E-state index in [-0.39, 0.29) is 0 Å². The first-order valence-electron chi connectivity index (χ1n) is 4.85. The molecule has 0 unspecified atom stereocenters. The fourth-order valence-electron chi connectivity index (χ4n) is 1.75. The Labute approximate surface area is 96.0 Å². The summed E-state index contributed by atoms with van der Waals surface area (Å²) < 4.78 is 1.87. The molecule has 78 valence electrons. The van der Waals surface area contributed by atoms with Crippen LogP contribution in [0.25, 0.3) is 16.2 Å². The molecule has 0 aliphatic heterocycles. The molecule has 0 saturated carbocycles. The van der Waals surface area contributed by atoms with Crippen molar-refractivity contribution in [1.82, 2.24) is 9.38 Å². The molecule has 0 atom stereocenters. The Balaban J connectivity index is 2.38. The quantitative estimate of drug-likeness (QED) is 0.632. The van der Waals surface area contributed by atoms with E-state index in [4.69, 9.17) is 0 Å². The topological polar surface area (TPSA) is 34.4 Å². The lowest BCUT2D eigenvalue weighted by Gasteiger charge is -2.01. The third-order valence-electron chi connectivity index (χ3n) is 2.44. The van der Waals surface area contributed by atoms with E-state index >= 15 is 0 Å². The van der Waals surface area contributed by atoms with Crippen LogP contribution in [-0.2, 0) is 0 Å². The molecule has 0 amide bonds. The molecule has 16 heavy (non-hydrogen) atoms. The Kier molecular flexibility index (Phi) is 2.08. The first-order valence-corrected chi connectivity index (χ1v) is 5.73. The molecule has 3 aromatic heterocycles. The van der Waals surface area contributed by atoms with Gasteiger partial charge in [-0.1, -0.05) is 12.1 Å². The largest absolute Gasteiger partial charge is 0.296 e. The lowest BCUT2D eigenvalue weighted by Crippen LogP contribution is -1.95. The predicted octanol–water partition coefficient (Wildman–Crippen LogP) is 2.88. The van der Waals surface area contributed by atoms with Crippen LogP contribution in [0.2, 0.25) is 0 Å². The van der Waals surface area contributed by atoms with Gasteiger partial charge in [-0.3, -0.25) is 9.20 Å². The van der Waals surface area contributed by atoms with Gasteiger partial charge in [0.05, 0.1) is 22.3 Å². The van der Waals surface area contributed by atoms with Gasteiger partial charge in [-0.2, -0.15) is 0 Å². The maximum atomic E-state index is 11.0. The summed E-state index contributed by atoms with van der Waals surface area (Å²) in [7, 11) is 0. The summed E-state index contributed by atoms with van der Waals surface area (Å²) in [6, 6.07) is 9.57. The molecule has 3 aromatic rings. The van der Waals surface area contributed by atoms with E-state index in [0.29, 0.717) is 5.69 Å².